The Balaban J connectivity index is 2.48. The van der Waals surface area contributed by atoms with Gasteiger partial charge in [-0.15, -0.1) is 0 Å². The third-order valence-corrected chi connectivity index (χ3v) is 2.92. The lowest BCUT2D eigenvalue weighted by Crippen LogP contribution is -2.30. The predicted molar refractivity (Wildman–Crippen MR) is 67.1 cm³/mol. The molecule has 1 unspecified atom stereocenters. The molecule has 0 spiro atoms. The fraction of sp³-hybridized carbons (Fsp3) is 0.417. The van der Waals surface area contributed by atoms with Crippen molar-refractivity contribution in [3.8, 4) is 0 Å². The second kappa shape index (κ2) is 6.71. The van der Waals surface area contributed by atoms with Crippen LogP contribution in [0.3, 0.4) is 0 Å². The smallest absolute Gasteiger partial charge is 0.224 e. The summed E-state index contributed by atoms with van der Waals surface area (Å²) in [4.78, 5) is 11.5. The molecule has 1 aromatic carbocycles. The van der Waals surface area contributed by atoms with Crippen LogP contribution >= 0.6 is 15.9 Å². The molecule has 0 bridgehead atoms. The summed E-state index contributed by atoms with van der Waals surface area (Å²) in [6.45, 7) is 2.33. The molecule has 5 heteroatoms. The monoisotopic (exact) mass is 303 g/mol. The van der Waals surface area contributed by atoms with Gasteiger partial charge < -0.3 is 10.4 Å². The summed E-state index contributed by atoms with van der Waals surface area (Å²) < 4.78 is 13.3. The van der Waals surface area contributed by atoms with Crippen molar-refractivity contribution in [2.75, 3.05) is 13.2 Å². The fourth-order valence-corrected chi connectivity index (χ4v) is 1.68. The Labute approximate surface area is 108 Å². The Bertz CT molecular complexity index is 398. The molecular formula is C12H15BrFNO2. The van der Waals surface area contributed by atoms with Gasteiger partial charge in [-0.2, -0.15) is 0 Å². The fourth-order valence-electron chi connectivity index (χ4n) is 1.25. The SMILES string of the molecule is CC(CO)CNC(=O)Cc1ccc(F)c(Br)c1. The van der Waals surface area contributed by atoms with Crippen LogP contribution in [0.25, 0.3) is 0 Å². The van der Waals surface area contributed by atoms with Crippen molar-refractivity contribution in [3.05, 3.63) is 34.1 Å². The highest BCUT2D eigenvalue weighted by atomic mass is 79.9. The van der Waals surface area contributed by atoms with Crippen LogP contribution in [0.15, 0.2) is 22.7 Å². The molecule has 1 atom stereocenters. The average molecular weight is 304 g/mol. The van der Waals surface area contributed by atoms with Crippen molar-refractivity contribution in [2.24, 2.45) is 5.92 Å². The Morgan fingerprint density at radius 2 is 2.29 bits per heavy atom. The first-order valence-corrected chi connectivity index (χ1v) is 6.13. The van der Waals surface area contributed by atoms with Crippen LogP contribution in [0.4, 0.5) is 4.39 Å². The Morgan fingerprint density at radius 1 is 1.59 bits per heavy atom. The Morgan fingerprint density at radius 3 is 2.88 bits per heavy atom. The van der Waals surface area contributed by atoms with Crippen LogP contribution in [0, 0.1) is 11.7 Å². The van der Waals surface area contributed by atoms with E-state index in [9.17, 15) is 9.18 Å². The van der Waals surface area contributed by atoms with E-state index in [1.165, 1.54) is 6.07 Å². The van der Waals surface area contributed by atoms with E-state index in [1.807, 2.05) is 6.92 Å². The van der Waals surface area contributed by atoms with Crippen molar-refractivity contribution in [2.45, 2.75) is 13.3 Å². The number of hydrogen-bond donors (Lipinski definition) is 2. The Hall–Kier alpha value is -0.940. The summed E-state index contributed by atoms with van der Waals surface area (Å²) in [6.07, 6.45) is 0.205. The number of carbonyl (C=O) groups excluding carboxylic acids is 1. The number of halogens is 2. The summed E-state index contributed by atoms with van der Waals surface area (Å²) in [6, 6.07) is 4.49. The quantitative estimate of drug-likeness (QED) is 0.872. The van der Waals surface area contributed by atoms with E-state index in [-0.39, 0.29) is 30.7 Å². The van der Waals surface area contributed by atoms with Crippen LogP contribution in [-0.4, -0.2) is 24.2 Å². The van der Waals surface area contributed by atoms with E-state index < -0.39 is 0 Å². The van der Waals surface area contributed by atoms with Gasteiger partial charge in [0.2, 0.25) is 5.91 Å². The van der Waals surface area contributed by atoms with Gasteiger partial charge in [-0.1, -0.05) is 13.0 Å². The first kappa shape index (κ1) is 14.1. The molecule has 0 aliphatic heterocycles. The minimum absolute atomic E-state index is 0.0407. The molecule has 0 aliphatic carbocycles. The van der Waals surface area contributed by atoms with E-state index in [4.69, 9.17) is 5.11 Å². The lowest BCUT2D eigenvalue weighted by atomic mass is 10.1. The van der Waals surface area contributed by atoms with Gasteiger partial charge in [0.25, 0.3) is 0 Å². The molecule has 0 fully saturated rings. The summed E-state index contributed by atoms with van der Waals surface area (Å²) in [7, 11) is 0. The number of rotatable bonds is 5. The van der Waals surface area contributed by atoms with Crippen LogP contribution < -0.4 is 5.32 Å². The minimum Gasteiger partial charge on any atom is -0.396 e. The molecule has 0 saturated heterocycles. The third kappa shape index (κ3) is 4.83. The molecule has 3 nitrogen and oxygen atoms in total. The van der Waals surface area contributed by atoms with E-state index >= 15 is 0 Å². The highest BCUT2D eigenvalue weighted by Gasteiger charge is 2.07. The average Bonchev–Trinajstić information content (AvgIpc) is 2.31. The molecule has 1 rings (SSSR count). The van der Waals surface area contributed by atoms with Crippen LogP contribution in [0.2, 0.25) is 0 Å². The molecule has 1 aromatic rings. The first-order valence-electron chi connectivity index (χ1n) is 5.34. The molecule has 0 saturated carbocycles. The Kier molecular flexibility index (Phi) is 5.58. The van der Waals surface area contributed by atoms with E-state index in [1.54, 1.807) is 12.1 Å². The highest BCUT2D eigenvalue weighted by Crippen LogP contribution is 2.17. The summed E-state index contributed by atoms with van der Waals surface area (Å²) in [5, 5.41) is 11.5. The van der Waals surface area contributed by atoms with Gasteiger partial charge in [0.05, 0.1) is 10.9 Å². The van der Waals surface area contributed by atoms with Gasteiger partial charge in [-0.05, 0) is 39.5 Å². The molecule has 0 heterocycles. The second-order valence-corrected chi connectivity index (χ2v) is 4.87. The molecule has 1 amide bonds. The first-order chi connectivity index (χ1) is 8.02. The van der Waals surface area contributed by atoms with Crippen molar-refractivity contribution < 1.29 is 14.3 Å². The zero-order valence-corrected chi connectivity index (χ0v) is 11.1. The zero-order chi connectivity index (χ0) is 12.8. The number of hydrogen-bond acceptors (Lipinski definition) is 2. The number of aliphatic hydroxyl groups is 1. The number of benzene rings is 1. The van der Waals surface area contributed by atoms with Gasteiger partial charge >= 0.3 is 0 Å². The number of carbonyl (C=O) groups is 1. The minimum atomic E-state index is -0.344. The molecule has 0 radical (unpaired) electrons. The van der Waals surface area contributed by atoms with Gasteiger partial charge in [-0.25, -0.2) is 4.39 Å². The van der Waals surface area contributed by atoms with Crippen LogP contribution in [0.1, 0.15) is 12.5 Å². The maximum absolute atomic E-state index is 13.0. The lowest BCUT2D eigenvalue weighted by Gasteiger charge is -2.09. The summed E-state index contributed by atoms with van der Waals surface area (Å²) in [5.74, 6) is -0.439. The normalized spacial score (nSPS) is 12.2. The van der Waals surface area contributed by atoms with Crippen molar-refractivity contribution in [3.63, 3.8) is 0 Å². The van der Waals surface area contributed by atoms with Gasteiger partial charge in [0.1, 0.15) is 5.82 Å². The maximum atomic E-state index is 13.0. The molecule has 0 aromatic heterocycles. The van der Waals surface area contributed by atoms with Gasteiger partial charge in [0.15, 0.2) is 0 Å². The summed E-state index contributed by atoms with van der Waals surface area (Å²) in [5.41, 5.74) is 0.743. The predicted octanol–water partition coefficient (Wildman–Crippen LogP) is 1.88. The molecule has 2 N–H and O–H groups in total. The molecular weight excluding hydrogens is 289 g/mol. The summed E-state index contributed by atoms with van der Waals surface area (Å²) >= 11 is 3.07. The maximum Gasteiger partial charge on any atom is 0.224 e. The van der Waals surface area contributed by atoms with E-state index in [2.05, 4.69) is 21.2 Å². The van der Waals surface area contributed by atoms with Crippen LogP contribution in [-0.2, 0) is 11.2 Å². The largest absolute Gasteiger partial charge is 0.396 e. The van der Waals surface area contributed by atoms with Gasteiger partial charge in [-0.3, -0.25) is 4.79 Å². The highest BCUT2D eigenvalue weighted by molar-refractivity contribution is 9.10. The van der Waals surface area contributed by atoms with Crippen molar-refractivity contribution >= 4 is 21.8 Å². The number of nitrogens with one attached hydrogen (secondary N) is 1. The number of aliphatic hydroxyl groups excluding tert-OH is 1. The lowest BCUT2D eigenvalue weighted by molar-refractivity contribution is -0.120. The zero-order valence-electron chi connectivity index (χ0n) is 9.54. The molecule has 0 aliphatic rings. The standard InChI is InChI=1S/C12H15BrFNO2/c1-8(7-16)6-15-12(17)5-9-2-3-11(14)10(13)4-9/h2-4,8,16H,5-7H2,1H3,(H,15,17). The van der Waals surface area contributed by atoms with E-state index in [0.29, 0.717) is 11.0 Å². The molecule has 94 valence electrons. The second-order valence-electron chi connectivity index (χ2n) is 4.02. The van der Waals surface area contributed by atoms with Crippen molar-refractivity contribution in [1.82, 2.24) is 5.32 Å². The van der Waals surface area contributed by atoms with Crippen LogP contribution in [0.5, 0.6) is 0 Å². The van der Waals surface area contributed by atoms with Gasteiger partial charge in [0, 0.05) is 13.2 Å². The topological polar surface area (TPSA) is 49.3 Å². The number of amides is 1. The van der Waals surface area contributed by atoms with Crippen molar-refractivity contribution in [1.29, 1.82) is 0 Å². The molecule has 17 heavy (non-hydrogen) atoms. The van der Waals surface area contributed by atoms with E-state index in [0.717, 1.165) is 5.56 Å². The third-order valence-electron chi connectivity index (χ3n) is 2.31.